The molecule has 2 heterocycles. The smallest absolute Gasteiger partial charge is 0.327 e. The predicted octanol–water partition coefficient (Wildman–Crippen LogP) is 6.33. The minimum atomic E-state index is -0.754. The number of aromatic nitrogens is 2. The highest BCUT2D eigenvalue weighted by atomic mass is 19.1. The lowest BCUT2D eigenvalue weighted by molar-refractivity contribution is 0.244. The van der Waals surface area contributed by atoms with E-state index < -0.39 is 23.7 Å². The van der Waals surface area contributed by atoms with Crippen LogP contribution in [0.2, 0.25) is 0 Å². The number of nitrogens with zero attached hydrogens (tertiary/aromatic N) is 3. The van der Waals surface area contributed by atoms with Gasteiger partial charge in [-0.15, -0.1) is 0 Å². The van der Waals surface area contributed by atoms with Crippen molar-refractivity contribution in [3.05, 3.63) is 107 Å². The summed E-state index contributed by atoms with van der Waals surface area (Å²) in [6, 6.07) is 16.9. The highest BCUT2D eigenvalue weighted by Crippen LogP contribution is 2.39. The number of urea groups is 1. The number of rotatable bonds is 4. The Morgan fingerprint density at radius 3 is 2.46 bits per heavy atom. The summed E-state index contributed by atoms with van der Waals surface area (Å²) in [5, 5.41) is 7.02. The molecule has 6 nitrogen and oxygen atoms in total. The van der Waals surface area contributed by atoms with Crippen molar-refractivity contribution in [3.8, 4) is 11.4 Å². The molecule has 1 aliphatic heterocycles. The molecule has 1 unspecified atom stereocenters. The third-order valence-corrected chi connectivity index (χ3v) is 6.05. The number of benzene rings is 3. The molecule has 4 aromatic rings. The Balaban J connectivity index is 1.66. The number of allylic oxidation sites excluding steroid dienone is 1. The van der Waals surface area contributed by atoms with Gasteiger partial charge in [-0.2, -0.15) is 4.98 Å². The van der Waals surface area contributed by atoms with Gasteiger partial charge in [-0.25, -0.2) is 13.6 Å². The molecule has 2 amide bonds. The van der Waals surface area contributed by atoms with Crippen molar-refractivity contribution < 1.29 is 18.1 Å². The topological polar surface area (TPSA) is 71.3 Å². The first-order valence-electron chi connectivity index (χ1n) is 11.1. The maximum Gasteiger partial charge on any atom is 0.327 e. The Bertz CT molecular complexity index is 1460. The van der Waals surface area contributed by atoms with E-state index in [2.05, 4.69) is 15.5 Å². The normalized spacial score (nSPS) is 16.0. The van der Waals surface area contributed by atoms with Gasteiger partial charge in [0.25, 0.3) is 5.89 Å². The Morgan fingerprint density at radius 1 is 0.971 bits per heavy atom. The van der Waals surface area contributed by atoms with E-state index in [4.69, 9.17) is 4.52 Å². The Labute approximate surface area is 200 Å². The van der Waals surface area contributed by atoms with Crippen LogP contribution in [-0.4, -0.2) is 16.2 Å². The van der Waals surface area contributed by atoms with E-state index in [0.29, 0.717) is 33.9 Å². The van der Waals surface area contributed by atoms with E-state index in [0.717, 1.165) is 11.1 Å². The average Bonchev–Trinajstić information content (AvgIpc) is 3.31. The van der Waals surface area contributed by atoms with Gasteiger partial charge in [-0.05, 0) is 56.2 Å². The number of hydrogen-bond donors (Lipinski definition) is 1. The van der Waals surface area contributed by atoms with Gasteiger partial charge in [0, 0.05) is 11.3 Å². The van der Waals surface area contributed by atoms with E-state index in [9.17, 15) is 13.6 Å². The van der Waals surface area contributed by atoms with Crippen LogP contribution in [0, 0.1) is 25.5 Å². The molecule has 176 valence electrons. The van der Waals surface area contributed by atoms with Crippen LogP contribution in [0.4, 0.5) is 19.3 Å². The molecule has 5 rings (SSSR count). The highest BCUT2D eigenvalue weighted by Gasteiger charge is 2.36. The molecule has 1 aliphatic rings. The van der Waals surface area contributed by atoms with Crippen LogP contribution in [-0.2, 0) is 0 Å². The van der Waals surface area contributed by atoms with Crippen LogP contribution in [0.5, 0.6) is 0 Å². The van der Waals surface area contributed by atoms with Gasteiger partial charge in [0.15, 0.2) is 0 Å². The van der Waals surface area contributed by atoms with Crippen molar-refractivity contribution in [3.63, 3.8) is 0 Å². The molecule has 3 aromatic carbocycles. The molecule has 0 bridgehead atoms. The Hall–Kier alpha value is -4.33. The van der Waals surface area contributed by atoms with E-state index in [1.54, 1.807) is 38.1 Å². The summed E-state index contributed by atoms with van der Waals surface area (Å²) < 4.78 is 34.1. The van der Waals surface area contributed by atoms with Crippen LogP contribution in [0.15, 0.2) is 77.0 Å². The molecule has 0 spiro atoms. The van der Waals surface area contributed by atoms with Gasteiger partial charge in [-0.1, -0.05) is 53.2 Å². The van der Waals surface area contributed by atoms with E-state index in [-0.39, 0.29) is 5.89 Å². The monoisotopic (exact) mass is 472 g/mol. The molecule has 8 heteroatoms. The van der Waals surface area contributed by atoms with Crippen LogP contribution < -0.4 is 10.2 Å². The fraction of sp³-hybridized carbons (Fsp3) is 0.148. The lowest BCUT2D eigenvalue weighted by atomic mass is 9.94. The summed E-state index contributed by atoms with van der Waals surface area (Å²) in [6.45, 7) is 5.35. The summed E-state index contributed by atoms with van der Waals surface area (Å²) in [6.07, 6.45) is 0. The summed E-state index contributed by atoms with van der Waals surface area (Å²) >= 11 is 0. The number of carbonyl (C=O) groups excluding carboxylic acids is 1. The second kappa shape index (κ2) is 8.79. The lowest BCUT2D eigenvalue weighted by Crippen LogP contribution is -2.46. The van der Waals surface area contributed by atoms with Gasteiger partial charge in [-0.3, -0.25) is 4.90 Å². The summed E-state index contributed by atoms with van der Waals surface area (Å²) in [5.41, 5.74) is 4.13. The van der Waals surface area contributed by atoms with Crippen molar-refractivity contribution in [1.82, 2.24) is 15.5 Å². The SMILES string of the molecule is CC1=C(c2nc(-c3ccc(C)cc3)no2)C(c2cccc(F)c2)NC(=O)N1c1ccc(C)c(F)c1. The molecule has 1 aromatic heterocycles. The first kappa shape index (κ1) is 22.5. The quantitative estimate of drug-likeness (QED) is 0.377. The Kier molecular flexibility index (Phi) is 5.64. The number of anilines is 1. The lowest BCUT2D eigenvalue weighted by Gasteiger charge is -2.35. The van der Waals surface area contributed by atoms with Gasteiger partial charge >= 0.3 is 6.03 Å². The molecule has 35 heavy (non-hydrogen) atoms. The molecule has 0 saturated heterocycles. The fourth-order valence-corrected chi connectivity index (χ4v) is 4.14. The number of halogens is 2. The van der Waals surface area contributed by atoms with Gasteiger partial charge in [0.05, 0.1) is 17.3 Å². The average molecular weight is 472 g/mol. The molecule has 0 aliphatic carbocycles. The zero-order valence-corrected chi connectivity index (χ0v) is 19.3. The van der Waals surface area contributed by atoms with Gasteiger partial charge in [0.2, 0.25) is 5.82 Å². The highest BCUT2D eigenvalue weighted by molar-refractivity contribution is 6.01. The van der Waals surface area contributed by atoms with Gasteiger partial charge in [0.1, 0.15) is 11.6 Å². The third-order valence-electron chi connectivity index (χ3n) is 6.05. The predicted molar refractivity (Wildman–Crippen MR) is 128 cm³/mol. The number of aryl methyl sites for hydroxylation is 2. The van der Waals surface area contributed by atoms with E-state index in [1.165, 1.54) is 23.1 Å². The number of amides is 2. The van der Waals surface area contributed by atoms with Crippen molar-refractivity contribution >= 4 is 17.3 Å². The molecule has 0 fully saturated rings. The Morgan fingerprint density at radius 2 is 1.74 bits per heavy atom. The molecular weight excluding hydrogens is 450 g/mol. The minimum Gasteiger partial charge on any atom is -0.334 e. The molecule has 1 N–H and O–H groups in total. The zero-order valence-electron chi connectivity index (χ0n) is 19.3. The first-order valence-corrected chi connectivity index (χ1v) is 11.1. The van der Waals surface area contributed by atoms with Gasteiger partial charge < -0.3 is 9.84 Å². The number of hydrogen-bond acceptors (Lipinski definition) is 4. The van der Waals surface area contributed by atoms with E-state index >= 15 is 0 Å². The second-order valence-electron chi connectivity index (χ2n) is 8.49. The largest absolute Gasteiger partial charge is 0.334 e. The fourth-order valence-electron chi connectivity index (χ4n) is 4.14. The van der Waals surface area contributed by atoms with Crippen LogP contribution in [0.3, 0.4) is 0 Å². The van der Waals surface area contributed by atoms with E-state index in [1.807, 2.05) is 31.2 Å². The molecule has 0 saturated carbocycles. The minimum absolute atomic E-state index is 0.171. The zero-order chi connectivity index (χ0) is 24.7. The van der Waals surface area contributed by atoms with Crippen molar-refractivity contribution in [2.75, 3.05) is 4.90 Å². The maximum absolute atomic E-state index is 14.4. The number of nitrogens with one attached hydrogen (secondary N) is 1. The molecule has 0 radical (unpaired) electrons. The summed E-state index contributed by atoms with van der Waals surface area (Å²) in [7, 11) is 0. The van der Waals surface area contributed by atoms with Crippen molar-refractivity contribution in [2.24, 2.45) is 0 Å². The van der Waals surface area contributed by atoms with Crippen molar-refractivity contribution in [2.45, 2.75) is 26.8 Å². The van der Waals surface area contributed by atoms with Crippen molar-refractivity contribution in [1.29, 1.82) is 0 Å². The molecule has 1 atom stereocenters. The summed E-state index contributed by atoms with van der Waals surface area (Å²) in [5.74, 6) is -0.327. The number of carbonyl (C=O) groups is 1. The standard InChI is InChI=1S/C27H22F2N4O2/c1-15-7-10-18(11-8-15)25-31-26(35-32-25)23-17(3)33(21-12-9-16(2)22(29)14-21)27(34)30-24(23)19-5-4-6-20(28)13-19/h4-14,24H,1-3H3,(H,30,34). The first-order chi connectivity index (χ1) is 16.8. The summed E-state index contributed by atoms with van der Waals surface area (Å²) in [4.78, 5) is 19.1. The molecular formula is C27H22F2N4O2. The maximum atomic E-state index is 14.4. The third kappa shape index (κ3) is 4.19. The second-order valence-corrected chi connectivity index (χ2v) is 8.49. The van der Waals surface area contributed by atoms with Crippen LogP contribution in [0.25, 0.3) is 17.0 Å². The van der Waals surface area contributed by atoms with Crippen LogP contribution >= 0.6 is 0 Å². The van der Waals surface area contributed by atoms with Crippen LogP contribution in [0.1, 0.15) is 35.5 Å².